The summed E-state index contributed by atoms with van der Waals surface area (Å²) in [5.74, 6) is -0.275. The summed E-state index contributed by atoms with van der Waals surface area (Å²) in [6, 6.07) is 12.7. The summed E-state index contributed by atoms with van der Waals surface area (Å²) >= 11 is 1.54. The van der Waals surface area contributed by atoms with E-state index in [0.717, 1.165) is 40.2 Å². The molecule has 1 amide bonds. The van der Waals surface area contributed by atoms with Crippen LogP contribution in [-0.4, -0.2) is 28.6 Å². The minimum atomic E-state index is -0.275. The van der Waals surface area contributed by atoms with Crippen molar-refractivity contribution in [2.75, 3.05) is 6.54 Å². The summed E-state index contributed by atoms with van der Waals surface area (Å²) in [6.45, 7) is 3.30. The molecule has 0 aliphatic carbocycles. The fourth-order valence-corrected chi connectivity index (χ4v) is 4.05. The van der Waals surface area contributed by atoms with Crippen molar-refractivity contribution < 1.29 is 13.9 Å². The van der Waals surface area contributed by atoms with Gasteiger partial charge >= 0.3 is 6.09 Å². The first-order valence-electron chi connectivity index (χ1n) is 8.73. The Kier molecular flexibility index (Phi) is 4.59. The number of hydrogen-bond acceptors (Lipinski definition) is 4. The highest BCUT2D eigenvalue weighted by Crippen LogP contribution is 2.30. The van der Waals surface area contributed by atoms with E-state index in [4.69, 9.17) is 4.74 Å². The molecule has 3 aromatic rings. The third-order valence-corrected chi connectivity index (χ3v) is 5.71. The van der Waals surface area contributed by atoms with E-state index < -0.39 is 0 Å². The van der Waals surface area contributed by atoms with Crippen molar-refractivity contribution in [1.29, 1.82) is 0 Å². The fraction of sp³-hybridized carbons (Fsp3) is 0.300. The number of hydrogen-bond donors (Lipinski definition) is 0. The largest absolute Gasteiger partial charge is 0.446 e. The standard InChI is InChI=1S/C20H19FN2O2S/c1-2-16-9-10-23(20(24)25-16)12-13-3-5-14(6-4-13)19-22-17-11-15(21)7-8-18(17)26-19/h3-8,11,16H,2,9-10,12H2,1H3. The Morgan fingerprint density at radius 2 is 2.08 bits per heavy atom. The van der Waals surface area contributed by atoms with Crippen LogP contribution >= 0.6 is 11.3 Å². The first-order valence-corrected chi connectivity index (χ1v) is 9.55. The van der Waals surface area contributed by atoms with Crippen molar-refractivity contribution in [3.63, 3.8) is 0 Å². The van der Waals surface area contributed by atoms with Crippen molar-refractivity contribution in [3.05, 3.63) is 53.8 Å². The van der Waals surface area contributed by atoms with Gasteiger partial charge in [0.25, 0.3) is 0 Å². The zero-order valence-corrected chi connectivity index (χ0v) is 15.3. The van der Waals surface area contributed by atoms with E-state index in [0.29, 0.717) is 12.1 Å². The molecular formula is C20H19FN2O2S. The number of halogens is 1. The van der Waals surface area contributed by atoms with Crippen LogP contribution in [0.5, 0.6) is 0 Å². The minimum Gasteiger partial charge on any atom is -0.446 e. The monoisotopic (exact) mass is 370 g/mol. The Hall–Kier alpha value is -2.47. The topological polar surface area (TPSA) is 42.4 Å². The molecule has 2 aromatic carbocycles. The molecular weight excluding hydrogens is 351 g/mol. The predicted octanol–water partition coefficient (Wildman–Crippen LogP) is 5.22. The van der Waals surface area contributed by atoms with Gasteiger partial charge in [-0.25, -0.2) is 14.2 Å². The highest BCUT2D eigenvalue weighted by atomic mass is 32.1. The maximum Gasteiger partial charge on any atom is 0.410 e. The second kappa shape index (κ2) is 7.03. The second-order valence-corrected chi connectivity index (χ2v) is 7.48. The van der Waals surface area contributed by atoms with Gasteiger partial charge in [-0.05, 0) is 24.1 Å². The van der Waals surface area contributed by atoms with Crippen molar-refractivity contribution in [2.45, 2.75) is 32.4 Å². The number of cyclic esters (lactones) is 1. The van der Waals surface area contributed by atoms with E-state index in [1.807, 2.05) is 31.2 Å². The summed E-state index contributed by atoms with van der Waals surface area (Å²) in [5.41, 5.74) is 2.71. The van der Waals surface area contributed by atoms with Gasteiger partial charge in [-0.2, -0.15) is 0 Å². The van der Waals surface area contributed by atoms with Gasteiger partial charge in [0.15, 0.2) is 0 Å². The van der Waals surface area contributed by atoms with E-state index in [-0.39, 0.29) is 18.0 Å². The van der Waals surface area contributed by atoms with Gasteiger partial charge in [-0.15, -0.1) is 11.3 Å². The number of carbonyl (C=O) groups excluding carboxylic acids is 1. The molecule has 0 N–H and O–H groups in total. The maximum atomic E-state index is 13.3. The highest BCUT2D eigenvalue weighted by Gasteiger charge is 2.25. The molecule has 0 bridgehead atoms. The quantitative estimate of drug-likeness (QED) is 0.632. The fourth-order valence-electron chi connectivity index (χ4n) is 3.10. The van der Waals surface area contributed by atoms with Crippen molar-refractivity contribution in [3.8, 4) is 10.6 Å². The lowest BCUT2D eigenvalue weighted by Gasteiger charge is -2.31. The Bertz CT molecular complexity index is 939. The third-order valence-electron chi connectivity index (χ3n) is 4.63. The number of benzene rings is 2. The SMILES string of the molecule is CCC1CCN(Cc2ccc(-c3nc4cc(F)ccc4s3)cc2)C(=O)O1. The van der Waals surface area contributed by atoms with Gasteiger partial charge in [0.05, 0.1) is 10.2 Å². The molecule has 134 valence electrons. The number of aromatic nitrogens is 1. The van der Waals surface area contributed by atoms with Crippen LogP contribution in [0, 0.1) is 5.82 Å². The Balaban J connectivity index is 1.48. The minimum absolute atomic E-state index is 0.0463. The number of rotatable bonds is 4. The number of fused-ring (bicyclic) bond motifs is 1. The van der Waals surface area contributed by atoms with E-state index in [2.05, 4.69) is 4.98 Å². The normalized spacial score (nSPS) is 17.5. The molecule has 4 rings (SSSR count). The molecule has 1 aliphatic rings. The van der Waals surface area contributed by atoms with Crippen molar-refractivity contribution in [2.24, 2.45) is 0 Å². The summed E-state index contributed by atoms with van der Waals surface area (Å²) in [6.07, 6.45) is 1.55. The summed E-state index contributed by atoms with van der Waals surface area (Å²) in [7, 11) is 0. The maximum absolute atomic E-state index is 13.3. The van der Waals surface area contributed by atoms with Gasteiger partial charge in [-0.1, -0.05) is 31.2 Å². The van der Waals surface area contributed by atoms with Crippen LogP contribution in [0.1, 0.15) is 25.3 Å². The first-order chi connectivity index (χ1) is 12.6. The van der Waals surface area contributed by atoms with E-state index >= 15 is 0 Å². The average Bonchev–Trinajstić information content (AvgIpc) is 3.07. The number of amides is 1. The molecule has 1 aliphatic heterocycles. The molecule has 1 fully saturated rings. The van der Waals surface area contributed by atoms with Gasteiger partial charge in [0, 0.05) is 31.1 Å². The van der Waals surface area contributed by atoms with Crippen LogP contribution in [-0.2, 0) is 11.3 Å². The van der Waals surface area contributed by atoms with Crippen molar-refractivity contribution in [1.82, 2.24) is 9.88 Å². The molecule has 0 saturated carbocycles. The molecule has 0 radical (unpaired) electrons. The zero-order valence-electron chi connectivity index (χ0n) is 14.4. The molecule has 1 aromatic heterocycles. The third kappa shape index (κ3) is 3.42. The van der Waals surface area contributed by atoms with Crippen LogP contribution in [0.15, 0.2) is 42.5 Å². The highest BCUT2D eigenvalue weighted by molar-refractivity contribution is 7.21. The van der Waals surface area contributed by atoms with Gasteiger partial charge < -0.3 is 9.64 Å². The Labute approximate surface area is 155 Å². The van der Waals surface area contributed by atoms with Gasteiger partial charge in [0.1, 0.15) is 16.9 Å². The summed E-state index contributed by atoms with van der Waals surface area (Å²) in [4.78, 5) is 18.3. The first kappa shape index (κ1) is 17.0. The number of thiazole rings is 1. The molecule has 1 unspecified atom stereocenters. The lowest BCUT2D eigenvalue weighted by molar-refractivity contribution is 0.0211. The molecule has 1 atom stereocenters. The van der Waals surface area contributed by atoms with E-state index in [9.17, 15) is 9.18 Å². The second-order valence-electron chi connectivity index (χ2n) is 6.45. The van der Waals surface area contributed by atoms with Gasteiger partial charge in [-0.3, -0.25) is 0 Å². The van der Waals surface area contributed by atoms with Gasteiger partial charge in [0.2, 0.25) is 0 Å². The van der Waals surface area contributed by atoms with Crippen LogP contribution in [0.2, 0.25) is 0 Å². The smallest absolute Gasteiger partial charge is 0.410 e. The molecule has 4 nitrogen and oxygen atoms in total. The van der Waals surface area contributed by atoms with Crippen molar-refractivity contribution >= 4 is 27.6 Å². The van der Waals surface area contributed by atoms with Crippen LogP contribution in [0.4, 0.5) is 9.18 Å². The number of nitrogens with zero attached hydrogens (tertiary/aromatic N) is 2. The van der Waals surface area contributed by atoms with Crippen LogP contribution < -0.4 is 0 Å². The van der Waals surface area contributed by atoms with Crippen LogP contribution in [0.3, 0.4) is 0 Å². The molecule has 0 spiro atoms. The molecule has 1 saturated heterocycles. The Morgan fingerprint density at radius 3 is 2.81 bits per heavy atom. The van der Waals surface area contributed by atoms with Crippen LogP contribution in [0.25, 0.3) is 20.8 Å². The molecule has 2 heterocycles. The Morgan fingerprint density at radius 1 is 1.27 bits per heavy atom. The lowest BCUT2D eigenvalue weighted by atomic mass is 10.1. The summed E-state index contributed by atoms with van der Waals surface area (Å²) in [5, 5.41) is 0.861. The zero-order chi connectivity index (χ0) is 18.1. The number of ether oxygens (including phenoxy) is 1. The molecule has 6 heteroatoms. The van der Waals surface area contributed by atoms with E-state index in [1.54, 1.807) is 22.3 Å². The lowest BCUT2D eigenvalue weighted by Crippen LogP contribution is -2.41. The van der Waals surface area contributed by atoms with E-state index in [1.165, 1.54) is 12.1 Å². The average molecular weight is 370 g/mol. The summed E-state index contributed by atoms with van der Waals surface area (Å²) < 4.78 is 19.7. The predicted molar refractivity (Wildman–Crippen MR) is 101 cm³/mol. The number of carbonyl (C=O) groups is 1. The molecule has 26 heavy (non-hydrogen) atoms.